The third-order valence-electron chi connectivity index (χ3n) is 9.12. The van der Waals surface area contributed by atoms with Crippen LogP contribution in [0.15, 0.2) is 83.9 Å². The molecule has 3 atom stereocenters. The summed E-state index contributed by atoms with van der Waals surface area (Å²) in [6.07, 6.45) is 7.65. The summed E-state index contributed by atoms with van der Waals surface area (Å²) in [5.74, 6) is 0.412. The second-order valence-electron chi connectivity index (χ2n) is 10.9. The van der Waals surface area contributed by atoms with Gasteiger partial charge >= 0.3 is 0 Å². The Morgan fingerprint density at radius 1 is 0.794 bits per heavy atom. The van der Waals surface area contributed by atoms with Gasteiger partial charge in [-0.3, -0.25) is 0 Å². The number of rotatable bonds is 4. The molecule has 2 N–H and O–H groups in total. The van der Waals surface area contributed by atoms with Gasteiger partial charge in [0.05, 0.1) is 6.10 Å². The highest BCUT2D eigenvalue weighted by Crippen LogP contribution is 2.62. The zero-order chi connectivity index (χ0) is 23.3. The molecule has 0 bridgehead atoms. The number of fused-ring (bicyclic) bond motifs is 4. The lowest BCUT2D eigenvalue weighted by Gasteiger charge is -2.51. The molecular weight excluding hydrogens is 416 g/mol. The van der Waals surface area contributed by atoms with Crippen molar-refractivity contribution >= 4 is 0 Å². The van der Waals surface area contributed by atoms with Crippen LogP contribution in [0.25, 0.3) is 0 Å². The SMILES string of the molecule is Cc1c(O)ccc2c1CCC1=C3C[C@H](O)C[C@]3(Cc3ccccc3)CC[C@]12Cc1ccccc1. The van der Waals surface area contributed by atoms with Gasteiger partial charge in [-0.15, -0.1) is 0 Å². The number of hydrogen-bond acceptors (Lipinski definition) is 2. The van der Waals surface area contributed by atoms with E-state index in [9.17, 15) is 10.2 Å². The maximum atomic E-state index is 11.0. The van der Waals surface area contributed by atoms with E-state index in [0.717, 1.165) is 56.9 Å². The maximum Gasteiger partial charge on any atom is 0.118 e. The molecule has 6 rings (SSSR count). The smallest absolute Gasteiger partial charge is 0.118 e. The van der Waals surface area contributed by atoms with Crippen LogP contribution in [0.3, 0.4) is 0 Å². The molecule has 34 heavy (non-hydrogen) atoms. The quantitative estimate of drug-likeness (QED) is 0.440. The summed E-state index contributed by atoms with van der Waals surface area (Å²) in [4.78, 5) is 0. The van der Waals surface area contributed by atoms with Crippen LogP contribution in [0.2, 0.25) is 0 Å². The van der Waals surface area contributed by atoms with Crippen LogP contribution in [-0.4, -0.2) is 16.3 Å². The Morgan fingerprint density at radius 3 is 2.18 bits per heavy atom. The van der Waals surface area contributed by atoms with Crippen LogP contribution in [0.5, 0.6) is 5.75 Å². The first-order valence-corrected chi connectivity index (χ1v) is 12.8. The van der Waals surface area contributed by atoms with Gasteiger partial charge in [-0.2, -0.15) is 0 Å². The molecule has 0 aromatic heterocycles. The summed E-state index contributed by atoms with van der Waals surface area (Å²) in [5, 5.41) is 21.5. The van der Waals surface area contributed by atoms with E-state index in [-0.39, 0.29) is 16.9 Å². The molecule has 2 nitrogen and oxygen atoms in total. The molecule has 3 aromatic rings. The lowest BCUT2D eigenvalue weighted by atomic mass is 9.52. The number of aromatic hydroxyl groups is 1. The summed E-state index contributed by atoms with van der Waals surface area (Å²) in [7, 11) is 0. The first-order chi connectivity index (χ1) is 16.5. The largest absolute Gasteiger partial charge is 0.508 e. The molecule has 0 aliphatic heterocycles. The van der Waals surface area contributed by atoms with Crippen LogP contribution in [0.1, 0.15) is 59.9 Å². The highest BCUT2D eigenvalue weighted by atomic mass is 16.3. The van der Waals surface area contributed by atoms with Crippen LogP contribution in [0.4, 0.5) is 0 Å². The predicted molar refractivity (Wildman–Crippen MR) is 137 cm³/mol. The van der Waals surface area contributed by atoms with Gasteiger partial charge in [-0.1, -0.05) is 77.9 Å². The fourth-order valence-corrected chi connectivity index (χ4v) is 7.63. The summed E-state index contributed by atoms with van der Waals surface area (Å²) in [5.41, 5.74) is 9.70. The molecule has 0 heterocycles. The highest BCUT2D eigenvalue weighted by Gasteiger charge is 2.54. The Kier molecular flexibility index (Phi) is 5.18. The Balaban J connectivity index is 1.54. The number of benzene rings is 3. The molecular formula is C32H34O2. The fourth-order valence-electron chi connectivity index (χ4n) is 7.63. The average molecular weight is 451 g/mol. The molecule has 2 heteroatoms. The average Bonchev–Trinajstić information content (AvgIpc) is 3.18. The predicted octanol–water partition coefficient (Wildman–Crippen LogP) is 6.60. The Bertz CT molecular complexity index is 1240. The first kappa shape index (κ1) is 21.7. The Morgan fingerprint density at radius 2 is 1.47 bits per heavy atom. The third kappa shape index (κ3) is 3.34. The van der Waals surface area contributed by atoms with Gasteiger partial charge in [0.2, 0.25) is 0 Å². The van der Waals surface area contributed by atoms with E-state index >= 15 is 0 Å². The first-order valence-electron chi connectivity index (χ1n) is 12.8. The summed E-state index contributed by atoms with van der Waals surface area (Å²) in [6, 6.07) is 25.9. The minimum atomic E-state index is -0.248. The topological polar surface area (TPSA) is 40.5 Å². The zero-order valence-corrected chi connectivity index (χ0v) is 20.1. The molecule has 1 fully saturated rings. The van der Waals surface area contributed by atoms with Crippen molar-refractivity contribution in [2.45, 2.75) is 69.8 Å². The lowest BCUT2D eigenvalue weighted by Crippen LogP contribution is -2.43. The van der Waals surface area contributed by atoms with E-state index in [4.69, 9.17) is 0 Å². The maximum absolute atomic E-state index is 11.0. The minimum Gasteiger partial charge on any atom is -0.508 e. The van der Waals surface area contributed by atoms with Gasteiger partial charge in [0.15, 0.2) is 0 Å². The molecule has 0 saturated heterocycles. The van der Waals surface area contributed by atoms with Gasteiger partial charge in [-0.05, 0) is 97.6 Å². The van der Waals surface area contributed by atoms with Gasteiger partial charge in [0.25, 0.3) is 0 Å². The van der Waals surface area contributed by atoms with Crippen LogP contribution >= 0.6 is 0 Å². The number of aliphatic hydroxyl groups excluding tert-OH is 1. The standard InChI is InChI=1S/C32H34O2/c1-22-26-12-13-28-29-18-25(33)21-31(29,19-23-8-4-2-5-9-23)16-17-32(28,27(26)14-15-30(22)34)20-24-10-6-3-7-11-24/h2-11,14-15,25,33-34H,12-13,16-21H2,1H3/t25-,31+,32+/m0/s1. The van der Waals surface area contributed by atoms with Gasteiger partial charge < -0.3 is 10.2 Å². The van der Waals surface area contributed by atoms with Crippen molar-refractivity contribution in [3.05, 3.63) is 112 Å². The molecule has 174 valence electrons. The van der Waals surface area contributed by atoms with Crippen molar-refractivity contribution in [3.63, 3.8) is 0 Å². The number of hydrogen-bond donors (Lipinski definition) is 2. The molecule has 3 aromatic carbocycles. The van der Waals surface area contributed by atoms with Crippen molar-refractivity contribution in [1.29, 1.82) is 0 Å². The van der Waals surface area contributed by atoms with Crippen LogP contribution < -0.4 is 0 Å². The van der Waals surface area contributed by atoms with Crippen LogP contribution in [-0.2, 0) is 24.7 Å². The molecule has 3 aliphatic carbocycles. The minimum absolute atomic E-state index is 0.0486. The van der Waals surface area contributed by atoms with E-state index in [1.54, 1.807) is 11.1 Å². The van der Waals surface area contributed by atoms with Gasteiger partial charge in [0.1, 0.15) is 5.75 Å². The lowest BCUT2D eigenvalue weighted by molar-refractivity contribution is 0.148. The van der Waals surface area contributed by atoms with Gasteiger partial charge in [0, 0.05) is 5.41 Å². The number of phenols is 1. The van der Waals surface area contributed by atoms with Crippen molar-refractivity contribution in [3.8, 4) is 5.75 Å². The summed E-state index contributed by atoms with van der Waals surface area (Å²) >= 11 is 0. The zero-order valence-electron chi connectivity index (χ0n) is 20.1. The van der Waals surface area contributed by atoms with Crippen molar-refractivity contribution in [2.75, 3.05) is 0 Å². The van der Waals surface area contributed by atoms with E-state index < -0.39 is 0 Å². The summed E-state index contributed by atoms with van der Waals surface area (Å²) < 4.78 is 0. The monoisotopic (exact) mass is 450 g/mol. The molecule has 0 radical (unpaired) electrons. The second kappa shape index (κ2) is 8.13. The highest BCUT2D eigenvalue weighted by molar-refractivity contribution is 5.57. The van der Waals surface area contributed by atoms with E-state index in [1.807, 2.05) is 6.07 Å². The fraction of sp³-hybridized carbons (Fsp3) is 0.375. The van der Waals surface area contributed by atoms with Crippen molar-refractivity contribution in [1.82, 2.24) is 0 Å². The van der Waals surface area contributed by atoms with E-state index in [1.165, 1.54) is 22.3 Å². The Labute approximate surface area is 203 Å². The number of aliphatic hydroxyl groups is 1. The molecule has 1 saturated carbocycles. The molecule has 0 spiro atoms. The second-order valence-corrected chi connectivity index (χ2v) is 10.9. The van der Waals surface area contributed by atoms with E-state index in [2.05, 4.69) is 73.7 Å². The van der Waals surface area contributed by atoms with Crippen molar-refractivity contribution < 1.29 is 10.2 Å². The summed E-state index contributed by atoms with van der Waals surface area (Å²) in [6.45, 7) is 2.07. The third-order valence-corrected chi connectivity index (χ3v) is 9.12. The number of phenolic OH excluding ortho intramolecular Hbond substituents is 1. The molecule has 0 unspecified atom stereocenters. The molecule has 3 aliphatic rings. The van der Waals surface area contributed by atoms with Gasteiger partial charge in [-0.25, -0.2) is 0 Å². The van der Waals surface area contributed by atoms with E-state index in [0.29, 0.717) is 5.75 Å². The number of allylic oxidation sites excluding steroid dienone is 1. The van der Waals surface area contributed by atoms with Crippen molar-refractivity contribution in [2.24, 2.45) is 5.41 Å². The Hall–Kier alpha value is -2.84. The van der Waals surface area contributed by atoms with Crippen LogP contribution in [0, 0.1) is 12.3 Å². The molecule has 0 amide bonds. The normalized spacial score (nSPS) is 27.8.